The zero-order valence-corrected chi connectivity index (χ0v) is 13.1. The van der Waals surface area contributed by atoms with Gasteiger partial charge in [0.1, 0.15) is 0 Å². The van der Waals surface area contributed by atoms with Crippen molar-refractivity contribution in [3.8, 4) is 0 Å². The Morgan fingerprint density at radius 3 is 2.67 bits per heavy atom. The summed E-state index contributed by atoms with van der Waals surface area (Å²) in [6.07, 6.45) is 12.9. The molecule has 116 valence electrons. The highest BCUT2D eigenvalue weighted by atomic mass is 16.4. The van der Waals surface area contributed by atoms with Crippen molar-refractivity contribution in [1.29, 1.82) is 0 Å². The van der Waals surface area contributed by atoms with E-state index in [0.717, 1.165) is 12.0 Å². The van der Waals surface area contributed by atoms with Crippen molar-refractivity contribution in [3.63, 3.8) is 0 Å². The number of allylic oxidation sites excluding steroid dienone is 3. The van der Waals surface area contributed by atoms with Gasteiger partial charge in [-0.25, -0.2) is 4.79 Å². The number of aliphatic hydroxyl groups is 1. The minimum atomic E-state index is -0.951. The number of rotatable bonds is 3. The van der Waals surface area contributed by atoms with Crippen LogP contribution in [0.2, 0.25) is 0 Å². The first kappa shape index (κ1) is 16.0. The van der Waals surface area contributed by atoms with Crippen molar-refractivity contribution in [2.24, 2.45) is 29.6 Å². The van der Waals surface area contributed by atoms with Gasteiger partial charge in [-0.1, -0.05) is 44.2 Å². The summed E-state index contributed by atoms with van der Waals surface area (Å²) in [7, 11) is 0. The number of carboxylic acids is 1. The smallest absolute Gasteiger partial charge is 0.328 e. The third kappa shape index (κ3) is 3.65. The van der Waals surface area contributed by atoms with Gasteiger partial charge in [0.25, 0.3) is 0 Å². The molecule has 0 unspecified atom stereocenters. The lowest BCUT2D eigenvalue weighted by atomic mass is 9.58. The van der Waals surface area contributed by atoms with Crippen molar-refractivity contribution in [3.05, 3.63) is 36.5 Å². The third-order valence-electron chi connectivity index (χ3n) is 5.04. The molecule has 0 aromatic heterocycles. The van der Waals surface area contributed by atoms with E-state index in [0.29, 0.717) is 17.8 Å². The van der Waals surface area contributed by atoms with Crippen LogP contribution in [-0.4, -0.2) is 21.8 Å². The lowest BCUT2D eigenvalue weighted by Crippen LogP contribution is -2.47. The Morgan fingerprint density at radius 1 is 1.29 bits per heavy atom. The number of carboxylic acid groups (broad SMARTS) is 1. The molecule has 0 amide bonds. The summed E-state index contributed by atoms with van der Waals surface area (Å²) < 4.78 is 0. The molecule has 1 fully saturated rings. The predicted molar refractivity (Wildman–Crippen MR) is 83.7 cm³/mol. The van der Waals surface area contributed by atoms with Gasteiger partial charge < -0.3 is 10.2 Å². The van der Waals surface area contributed by atoms with E-state index in [1.807, 2.05) is 19.1 Å². The third-order valence-corrected chi connectivity index (χ3v) is 5.04. The Morgan fingerprint density at radius 2 is 2.00 bits per heavy atom. The number of aliphatic carboxylic acids is 1. The van der Waals surface area contributed by atoms with Crippen LogP contribution in [0.5, 0.6) is 0 Å². The summed E-state index contributed by atoms with van der Waals surface area (Å²) in [5.41, 5.74) is -0.858. The Labute approximate surface area is 127 Å². The molecule has 0 radical (unpaired) electrons. The molecule has 3 nitrogen and oxygen atoms in total. The van der Waals surface area contributed by atoms with E-state index in [1.165, 1.54) is 18.9 Å². The predicted octanol–water partition coefficient (Wildman–Crippen LogP) is 3.42. The number of fused-ring (bicyclic) bond motifs is 1. The first-order valence-corrected chi connectivity index (χ1v) is 7.81. The van der Waals surface area contributed by atoms with Gasteiger partial charge in [0.2, 0.25) is 0 Å². The summed E-state index contributed by atoms with van der Waals surface area (Å²) in [6, 6.07) is 0. The molecule has 2 rings (SSSR count). The van der Waals surface area contributed by atoms with E-state index < -0.39 is 11.6 Å². The van der Waals surface area contributed by atoms with E-state index >= 15 is 0 Å². The Bertz CT molecular complexity index is 473. The van der Waals surface area contributed by atoms with Crippen LogP contribution in [0.25, 0.3) is 0 Å². The maximum absolute atomic E-state index is 10.7. The van der Waals surface area contributed by atoms with Gasteiger partial charge in [-0.3, -0.25) is 0 Å². The van der Waals surface area contributed by atoms with Crippen molar-refractivity contribution >= 4 is 5.97 Å². The molecule has 0 bridgehead atoms. The lowest BCUT2D eigenvalue weighted by Gasteiger charge is -2.48. The van der Waals surface area contributed by atoms with E-state index in [-0.39, 0.29) is 5.92 Å². The maximum Gasteiger partial charge on any atom is 0.328 e. The van der Waals surface area contributed by atoms with Crippen LogP contribution in [0.3, 0.4) is 0 Å². The van der Waals surface area contributed by atoms with Gasteiger partial charge in [0.15, 0.2) is 0 Å². The average molecular weight is 290 g/mol. The normalized spacial score (nSPS) is 43.3. The molecule has 3 heteroatoms. The molecule has 0 spiro atoms. The minimum absolute atomic E-state index is 0.0356. The van der Waals surface area contributed by atoms with Crippen LogP contribution in [0.15, 0.2) is 36.5 Å². The van der Waals surface area contributed by atoms with E-state index in [9.17, 15) is 9.90 Å². The Balaban J connectivity index is 2.23. The average Bonchev–Trinajstić information content (AvgIpc) is 2.36. The molecule has 2 aliphatic rings. The molecule has 21 heavy (non-hydrogen) atoms. The SMILES string of the molecule is C[C@H]1C[C@@H](C)[C@@H]2[C@@H](/C=C/C=C/C(=O)O)[C@](C)(O)C=C[C@H]2C1. The number of hydrogen-bond acceptors (Lipinski definition) is 2. The van der Waals surface area contributed by atoms with E-state index in [4.69, 9.17) is 5.11 Å². The molecule has 6 atom stereocenters. The highest BCUT2D eigenvalue weighted by molar-refractivity contribution is 5.80. The van der Waals surface area contributed by atoms with Gasteiger partial charge >= 0.3 is 5.97 Å². The fourth-order valence-electron chi connectivity index (χ4n) is 4.22. The van der Waals surface area contributed by atoms with Crippen molar-refractivity contribution < 1.29 is 15.0 Å². The summed E-state index contributed by atoms with van der Waals surface area (Å²) in [4.78, 5) is 10.5. The topological polar surface area (TPSA) is 57.5 Å². The molecular weight excluding hydrogens is 264 g/mol. The lowest BCUT2D eigenvalue weighted by molar-refractivity contribution is -0.131. The second-order valence-corrected chi connectivity index (χ2v) is 6.99. The van der Waals surface area contributed by atoms with E-state index in [2.05, 4.69) is 19.9 Å². The molecule has 2 N–H and O–H groups in total. The molecule has 0 heterocycles. The Hall–Kier alpha value is -1.35. The van der Waals surface area contributed by atoms with Crippen LogP contribution in [0, 0.1) is 29.6 Å². The van der Waals surface area contributed by atoms with Crippen LogP contribution < -0.4 is 0 Å². The second-order valence-electron chi connectivity index (χ2n) is 6.99. The molecule has 0 aromatic rings. The van der Waals surface area contributed by atoms with Crippen molar-refractivity contribution in [2.75, 3.05) is 0 Å². The number of hydrogen-bond donors (Lipinski definition) is 2. The molecule has 0 saturated heterocycles. The van der Waals surface area contributed by atoms with Crippen LogP contribution in [0.1, 0.15) is 33.6 Å². The fourth-order valence-corrected chi connectivity index (χ4v) is 4.22. The molecule has 0 aromatic carbocycles. The summed E-state index contributed by atoms with van der Waals surface area (Å²) >= 11 is 0. The first-order valence-electron chi connectivity index (χ1n) is 7.81. The van der Waals surface area contributed by atoms with Gasteiger partial charge in [0, 0.05) is 12.0 Å². The molecule has 2 aliphatic carbocycles. The van der Waals surface area contributed by atoms with Gasteiger partial charge in [-0.15, -0.1) is 0 Å². The number of carbonyl (C=O) groups is 1. The zero-order valence-electron chi connectivity index (χ0n) is 13.1. The zero-order chi connectivity index (χ0) is 15.6. The molecule has 1 saturated carbocycles. The first-order chi connectivity index (χ1) is 9.81. The minimum Gasteiger partial charge on any atom is -0.478 e. The van der Waals surface area contributed by atoms with Gasteiger partial charge in [-0.05, 0) is 43.4 Å². The van der Waals surface area contributed by atoms with E-state index in [1.54, 1.807) is 6.08 Å². The molecule has 0 aliphatic heterocycles. The summed E-state index contributed by atoms with van der Waals surface area (Å²) in [5, 5.41) is 19.3. The standard InChI is InChI=1S/C18H26O3/c1-12-10-13(2)17-14(11-12)8-9-18(3,21)15(17)6-4-5-7-16(19)20/h4-9,12-15,17,21H,10-11H2,1-3H3,(H,19,20)/b6-4+,7-5+/t12-,13+,14-,15+,17-,18+/m0/s1. The van der Waals surface area contributed by atoms with Crippen molar-refractivity contribution in [2.45, 2.75) is 39.2 Å². The fraction of sp³-hybridized carbons (Fsp3) is 0.611. The second kappa shape index (κ2) is 6.18. The van der Waals surface area contributed by atoms with Crippen LogP contribution >= 0.6 is 0 Å². The molecular formula is C18H26O3. The van der Waals surface area contributed by atoms with Gasteiger partial charge in [0.05, 0.1) is 5.60 Å². The monoisotopic (exact) mass is 290 g/mol. The Kier molecular flexibility index (Phi) is 4.72. The highest BCUT2D eigenvalue weighted by Crippen LogP contribution is 2.49. The summed E-state index contributed by atoms with van der Waals surface area (Å²) in [5.74, 6) is 1.32. The summed E-state index contributed by atoms with van der Waals surface area (Å²) in [6.45, 7) is 6.42. The van der Waals surface area contributed by atoms with Gasteiger partial charge in [-0.2, -0.15) is 0 Å². The van der Waals surface area contributed by atoms with Crippen LogP contribution in [-0.2, 0) is 4.79 Å². The highest BCUT2D eigenvalue weighted by Gasteiger charge is 2.45. The van der Waals surface area contributed by atoms with Crippen LogP contribution in [0.4, 0.5) is 0 Å². The van der Waals surface area contributed by atoms with Crippen molar-refractivity contribution in [1.82, 2.24) is 0 Å². The maximum atomic E-state index is 10.7. The quantitative estimate of drug-likeness (QED) is 0.476. The largest absolute Gasteiger partial charge is 0.478 e.